The van der Waals surface area contributed by atoms with Crippen molar-refractivity contribution in [2.45, 2.75) is 26.3 Å². The van der Waals surface area contributed by atoms with Gasteiger partial charge in [0, 0.05) is 36.7 Å². The smallest absolute Gasteiger partial charge is 0.220 e. The van der Waals surface area contributed by atoms with Crippen molar-refractivity contribution in [1.82, 2.24) is 20.1 Å². The van der Waals surface area contributed by atoms with E-state index < -0.39 is 0 Å². The number of nitrogens with zero attached hydrogens (tertiary/aromatic N) is 3. The van der Waals surface area contributed by atoms with Crippen molar-refractivity contribution < 1.29 is 9.21 Å². The van der Waals surface area contributed by atoms with E-state index in [1.807, 2.05) is 78.5 Å². The van der Waals surface area contributed by atoms with Crippen LogP contribution in [0.3, 0.4) is 0 Å². The Balaban J connectivity index is 1.41. The van der Waals surface area contributed by atoms with Crippen LogP contribution in [0.5, 0.6) is 0 Å². The lowest BCUT2D eigenvalue weighted by Crippen LogP contribution is -2.27. The molecule has 30 heavy (non-hydrogen) atoms. The third-order valence-electron chi connectivity index (χ3n) is 4.75. The van der Waals surface area contributed by atoms with Crippen LogP contribution in [0, 0.1) is 6.92 Å². The number of nitrogens with one attached hydrogen (secondary N) is 1. The minimum atomic E-state index is -0.0281. The molecule has 4 aromatic rings. The number of oxazole rings is 1. The molecular weight excluding hydrogens is 376 g/mol. The SMILES string of the molecule is Cc1cnn(CCNC(=O)CCc2nc(-c3ccccc3)c(-c3ccccc3)o2)c1. The number of carbonyl (C=O) groups excluding carboxylic acids is 1. The molecule has 152 valence electrons. The second-order valence-corrected chi connectivity index (χ2v) is 7.15. The van der Waals surface area contributed by atoms with Crippen molar-refractivity contribution in [3.63, 3.8) is 0 Å². The standard InChI is InChI=1S/C24H24N4O2/c1-18-16-26-28(17-18)15-14-25-21(29)12-13-22-27-23(19-8-4-2-5-9-19)24(30-22)20-10-6-3-7-11-20/h2-11,16-17H,12-15H2,1H3,(H,25,29). The highest BCUT2D eigenvalue weighted by Gasteiger charge is 2.17. The van der Waals surface area contributed by atoms with Crippen LogP contribution in [0.25, 0.3) is 22.6 Å². The monoisotopic (exact) mass is 400 g/mol. The number of carbonyl (C=O) groups is 1. The summed E-state index contributed by atoms with van der Waals surface area (Å²) in [6.07, 6.45) is 4.52. The van der Waals surface area contributed by atoms with E-state index in [0.29, 0.717) is 31.8 Å². The van der Waals surface area contributed by atoms with Gasteiger partial charge in [-0.25, -0.2) is 4.98 Å². The Kier molecular flexibility index (Phi) is 6.03. The summed E-state index contributed by atoms with van der Waals surface area (Å²) < 4.78 is 7.90. The van der Waals surface area contributed by atoms with Gasteiger partial charge >= 0.3 is 0 Å². The number of benzene rings is 2. The molecule has 6 nitrogen and oxygen atoms in total. The van der Waals surface area contributed by atoms with Crippen LogP contribution < -0.4 is 5.32 Å². The molecule has 0 unspecified atom stereocenters. The summed E-state index contributed by atoms with van der Waals surface area (Å²) in [5, 5.41) is 7.14. The molecule has 0 atom stereocenters. The molecule has 6 heteroatoms. The highest BCUT2D eigenvalue weighted by Crippen LogP contribution is 2.32. The number of aryl methyl sites for hydroxylation is 2. The van der Waals surface area contributed by atoms with Gasteiger partial charge in [0.2, 0.25) is 5.91 Å². The van der Waals surface area contributed by atoms with Crippen molar-refractivity contribution in [3.05, 3.63) is 84.5 Å². The van der Waals surface area contributed by atoms with E-state index in [0.717, 1.165) is 28.1 Å². The van der Waals surface area contributed by atoms with Crippen LogP contribution in [-0.4, -0.2) is 27.2 Å². The Labute approximate surface area is 175 Å². The quantitative estimate of drug-likeness (QED) is 0.480. The number of amides is 1. The lowest BCUT2D eigenvalue weighted by Gasteiger charge is -2.04. The van der Waals surface area contributed by atoms with E-state index in [1.54, 1.807) is 6.20 Å². The first-order valence-electron chi connectivity index (χ1n) is 10.1. The summed E-state index contributed by atoms with van der Waals surface area (Å²) in [6, 6.07) is 19.9. The third kappa shape index (κ3) is 4.84. The van der Waals surface area contributed by atoms with Crippen LogP contribution >= 0.6 is 0 Å². The molecule has 1 amide bonds. The fourth-order valence-electron chi connectivity index (χ4n) is 3.26. The maximum Gasteiger partial charge on any atom is 0.220 e. The van der Waals surface area contributed by atoms with Crippen molar-refractivity contribution in [2.75, 3.05) is 6.54 Å². The lowest BCUT2D eigenvalue weighted by molar-refractivity contribution is -0.121. The maximum absolute atomic E-state index is 12.2. The van der Waals surface area contributed by atoms with Crippen molar-refractivity contribution in [2.24, 2.45) is 0 Å². The molecule has 0 aliphatic heterocycles. The van der Waals surface area contributed by atoms with Gasteiger partial charge in [-0.2, -0.15) is 5.10 Å². The van der Waals surface area contributed by atoms with Gasteiger partial charge in [0.1, 0.15) is 5.69 Å². The molecule has 0 aliphatic rings. The number of aromatic nitrogens is 3. The van der Waals surface area contributed by atoms with Crippen molar-refractivity contribution >= 4 is 5.91 Å². The Morgan fingerprint density at radius 3 is 2.40 bits per heavy atom. The largest absolute Gasteiger partial charge is 0.440 e. The second-order valence-electron chi connectivity index (χ2n) is 7.15. The average Bonchev–Trinajstić information content (AvgIpc) is 3.40. The van der Waals surface area contributed by atoms with E-state index in [1.165, 1.54) is 0 Å². The zero-order valence-electron chi connectivity index (χ0n) is 16.9. The zero-order chi connectivity index (χ0) is 20.8. The molecule has 2 aromatic carbocycles. The van der Waals surface area contributed by atoms with Crippen LogP contribution in [0.2, 0.25) is 0 Å². The summed E-state index contributed by atoms with van der Waals surface area (Å²) in [5.74, 6) is 1.26. The molecule has 0 saturated heterocycles. The van der Waals surface area contributed by atoms with Crippen LogP contribution in [0.1, 0.15) is 17.9 Å². The molecule has 0 bridgehead atoms. The molecule has 0 saturated carbocycles. The summed E-state index contributed by atoms with van der Waals surface area (Å²) in [4.78, 5) is 16.9. The first-order valence-corrected chi connectivity index (χ1v) is 10.1. The number of hydrogen-bond donors (Lipinski definition) is 1. The van der Waals surface area contributed by atoms with Crippen LogP contribution in [0.15, 0.2) is 77.5 Å². The molecule has 4 rings (SSSR count). The van der Waals surface area contributed by atoms with Gasteiger partial charge < -0.3 is 9.73 Å². The predicted octanol–water partition coefficient (Wildman–Crippen LogP) is 4.26. The molecular formula is C24H24N4O2. The highest BCUT2D eigenvalue weighted by molar-refractivity contribution is 5.77. The number of rotatable bonds is 8. The Hall–Kier alpha value is -3.67. The van der Waals surface area contributed by atoms with E-state index in [4.69, 9.17) is 9.40 Å². The van der Waals surface area contributed by atoms with E-state index in [2.05, 4.69) is 10.4 Å². The van der Waals surface area contributed by atoms with Crippen LogP contribution in [-0.2, 0) is 17.8 Å². The first-order chi connectivity index (χ1) is 14.7. The number of hydrogen-bond acceptors (Lipinski definition) is 4. The van der Waals surface area contributed by atoms with Gasteiger partial charge in [0.05, 0.1) is 12.7 Å². The lowest BCUT2D eigenvalue weighted by atomic mass is 10.1. The van der Waals surface area contributed by atoms with Gasteiger partial charge in [-0.3, -0.25) is 9.48 Å². The molecule has 0 spiro atoms. The molecule has 0 fully saturated rings. The van der Waals surface area contributed by atoms with Gasteiger partial charge in [-0.15, -0.1) is 0 Å². The van der Waals surface area contributed by atoms with Gasteiger partial charge in [0.15, 0.2) is 11.7 Å². The summed E-state index contributed by atoms with van der Waals surface area (Å²) in [5.41, 5.74) is 3.86. The molecule has 2 heterocycles. The minimum Gasteiger partial charge on any atom is -0.440 e. The predicted molar refractivity (Wildman–Crippen MR) is 116 cm³/mol. The third-order valence-corrected chi connectivity index (χ3v) is 4.75. The van der Waals surface area contributed by atoms with Crippen molar-refractivity contribution in [3.8, 4) is 22.6 Å². The molecule has 2 aromatic heterocycles. The van der Waals surface area contributed by atoms with Gasteiger partial charge in [-0.05, 0) is 12.5 Å². The fourth-order valence-corrected chi connectivity index (χ4v) is 3.26. The van der Waals surface area contributed by atoms with E-state index in [-0.39, 0.29) is 5.91 Å². The minimum absolute atomic E-state index is 0.0281. The normalized spacial score (nSPS) is 10.8. The zero-order valence-corrected chi connectivity index (χ0v) is 16.9. The highest BCUT2D eigenvalue weighted by atomic mass is 16.4. The molecule has 1 N–H and O–H groups in total. The Bertz CT molecular complexity index is 1040. The van der Waals surface area contributed by atoms with Gasteiger partial charge in [0.25, 0.3) is 0 Å². The van der Waals surface area contributed by atoms with E-state index in [9.17, 15) is 4.79 Å². The average molecular weight is 400 g/mol. The van der Waals surface area contributed by atoms with E-state index >= 15 is 0 Å². The topological polar surface area (TPSA) is 73.0 Å². The summed E-state index contributed by atoms with van der Waals surface area (Å²) >= 11 is 0. The summed E-state index contributed by atoms with van der Waals surface area (Å²) in [6.45, 7) is 3.18. The Morgan fingerprint density at radius 1 is 1.03 bits per heavy atom. The first kappa shape index (κ1) is 19.6. The molecule has 0 radical (unpaired) electrons. The van der Waals surface area contributed by atoms with Crippen molar-refractivity contribution in [1.29, 1.82) is 0 Å². The van der Waals surface area contributed by atoms with Gasteiger partial charge in [-0.1, -0.05) is 60.7 Å². The maximum atomic E-state index is 12.2. The summed E-state index contributed by atoms with van der Waals surface area (Å²) in [7, 11) is 0. The Morgan fingerprint density at radius 2 is 1.73 bits per heavy atom. The second kappa shape index (κ2) is 9.22. The van der Waals surface area contributed by atoms with Crippen LogP contribution in [0.4, 0.5) is 0 Å². The molecule has 0 aliphatic carbocycles. The fraction of sp³-hybridized carbons (Fsp3) is 0.208.